The summed E-state index contributed by atoms with van der Waals surface area (Å²) in [6, 6.07) is 12.8. The third kappa shape index (κ3) is 2.53. The molecule has 0 aliphatic heterocycles. The molecule has 0 aromatic heterocycles. The highest BCUT2D eigenvalue weighted by Crippen LogP contribution is 2.39. The molecule has 0 aliphatic carbocycles. The molecule has 84 valence electrons. The summed E-state index contributed by atoms with van der Waals surface area (Å²) in [6.45, 7) is 0. The first-order chi connectivity index (χ1) is 8.22. The van der Waals surface area contributed by atoms with Gasteiger partial charge in [-0.1, -0.05) is 58.6 Å². The molecule has 0 fully saturated rings. The standard InChI is InChI=1S/C12H7Cl2N3/c13-9-6-10(8-4-2-1-3-5-8)12(16-17-15)11(14)7-9/h1-7H. The molecule has 2 rings (SSSR count). The normalized spacial score (nSPS) is 9.76. The lowest BCUT2D eigenvalue weighted by molar-refractivity contribution is 1.47. The zero-order valence-electron chi connectivity index (χ0n) is 8.64. The van der Waals surface area contributed by atoms with Crippen molar-refractivity contribution in [3.63, 3.8) is 0 Å². The van der Waals surface area contributed by atoms with Gasteiger partial charge in [-0.25, -0.2) is 0 Å². The van der Waals surface area contributed by atoms with E-state index in [1.54, 1.807) is 12.1 Å². The predicted octanol–water partition coefficient (Wildman–Crippen LogP) is 5.60. The average Bonchev–Trinajstić information content (AvgIpc) is 2.33. The lowest BCUT2D eigenvalue weighted by Gasteiger charge is -2.08. The Balaban J connectivity index is 2.71. The van der Waals surface area contributed by atoms with Crippen molar-refractivity contribution in [1.82, 2.24) is 0 Å². The van der Waals surface area contributed by atoms with Crippen LogP contribution in [0.5, 0.6) is 0 Å². The first kappa shape index (κ1) is 11.8. The molecule has 0 radical (unpaired) electrons. The van der Waals surface area contributed by atoms with Gasteiger partial charge in [0.15, 0.2) is 0 Å². The number of nitrogens with zero attached hydrogens (tertiary/aromatic N) is 3. The first-order valence-electron chi connectivity index (χ1n) is 4.82. The van der Waals surface area contributed by atoms with Gasteiger partial charge in [0.1, 0.15) is 0 Å². The molecule has 0 saturated heterocycles. The van der Waals surface area contributed by atoms with Crippen LogP contribution in [-0.2, 0) is 0 Å². The zero-order chi connectivity index (χ0) is 12.3. The Morgan fingerprint density at radius 2 is 1.76 bits per heavy atom. The van der Waals surface area contributed by atoms with Gasteiger partial charge in [-0.3, -0.25) is 0 Å². The van der Waals surface area contributed by atoms with E-state index < -0.39 is 0 Å². The topological polar surface area (TPSA) is 48.8 Å². The summed E-state index contributed by atoms with van der Waals surface area (Å²) in [6.07, 6.45) is 0. The summed E-state index contributed by atoms with van der Waals surface area (Å²) in [5.41, 5.74) is 10.6. The van der Waals surface area contributed by atoms with Crippen molar-refractivity contribution in [2.75, 3.05) is 0 Å². The minimum atomic E-state index is 0.342. The second-order valence-corrected chi connectivity index (χ2v) is 4.18. The van der Waals surface area contributed by atoms with Gasteiger partial charge in [-0.15, -0.1) is 0 Å². The van der Waals surface area contributed by atoms with Crippen molar-refractivity contribution in [2.45, 2.75) is 0 Å². The molecule has 0 spiro atoms. The van der Waals surface area contributed by atoms with E-state index in [0.717, 1.165) is 11.1 Å². The molecule has 0 bridgehead atoms. The smallest absolute Gasteiger partial charge is 0.0641 e. The van der Waals surface area contributed by atoms with Gasteiger partial charge in [-0.05, 0) is 28.8 Å². The number of azide groups is 1. The quantitative estimate of drug-likeness (QED) is 0.385. The van der Waals surface area contributed by atoms with E-state index in [2.05, 4.69) is 10.0 Å². The fourth-order valence-corrected chi connectivity index (χ4v) is 2.08. The molecule has 0 aliphatic rings. The number of hydrogen-bond donors (Lipinski definition) is 0. The van der Waals surface area contributed by atoms with E-state index >= 15 is 0 Å². The second kappa shape index (κ2) is 5.11. The number of benzene rings is 2. The van der Waals surface area contributed by atoms with Gasteiger partial charge < -0.3 is 0 Å². The van der Waals surface area contributed by atoms with Crippen molar-refractivity contribution >= 4 is 28.9 Å². The van der Waals surface area contributed by atoms with Crippen molar-refractivity contribution in [2.24, 2.45) is 5.11 Å². The molecule has 17 heavy (non-hydrogen) atoms. The van der Waals surface area contributed by atoms with Crippen LogP contribution in [0.3, 0.4) is 0 Å². The maximum Gasteiger partial charge on any atom is 0.0641 e. The van der Waals surface area contributed by atoms with Crippen LogP contribution in [0.4, 0.5) is 5.69 Å². The molecule has 0 amide bonds. The summed E-state index contributed by atoms with van der Waals surface area (Å²) in [5.74, 6) is 0. The van der Waals surface area contributed by atoms with Crippen molar-refractivity contribution in [3.05, 3.63) is 63.0 Å². The van der Waals surface area contributed by atoms with Gasteiger partial charge in [0.25, 0.3) is 0 Å². The Hall–Kier alpha value is -1.67. The zero-order valence-corrected chi connectivity index (χ0v) is 10.2. The number of hydrogen-bond acceptors (Lipinski definition) is 1. The SMILES string of the molecule is [N-]=[N+]=Nc1c(Cl)cc(Cl)cc1-c1ccccc1. The summed E-state index contributed by atoms with van der Waals surface area (Å²) < 4.78 is 0. The first-order valence-corrected chi connectivity index (χ1v) is 5.57. The molecule has 5 heteroatoms. The Morgan fingerprint density at radius 1 is 1.06 bits per heavy atom. The fraction of sp³-hybridized carbons (Fsp3) is 0. The summed E-state index contributed by atoms with van der Waals surface area (Å²) in [7, 11) is 0. The van der Waals surface area contributed by atoms with E-state index in [0.29, 0.717) is 15.7 Å². The number of rotatable bonds is 2. The Morgan fingerprint density at radius 3 is 2.41 bits per heavy atom. The summed E-state index contributed by atoms with van der Waals surface area (Å²) >= 11 is 12.0. The van der Waals surface area contributed by atoms with Gasteiger partial charge >= 0.3 is 0 Å². The molecule has 2 aromatic rings. The highest BCUT2D eigenvalue weighted by Gasteiger charge is 2.09. The third-order valence-electron chi connectivity index (χ3n) is 2.26. The minimum absolute atomic E-state index is 0.342. The van der Waals surface area contributed by atoms with E-state index in [-0.39, 0.29) is 0 Å². The van der Waals surface area contributed by atoms with Gasteiger partial charge in [0.05, 0.1) is 10.7 Å². The van der Waals surface area contributed by atoms with Crippen molar-refractivity contribution in [3.8, 4) is 11.1 Å². The molecular formula is C12H7Cl2N3. The molecule has 0 atom stereocenters. The largest absolute Gasteiger partial charge is 0.0843 e. The monoisotopic (exact) mass is 263 g/mol. The summed E-state index contributed by atoms with van der Waals surface area (Å²) in [5, 5.41) is 4.46. The molecule has 0 N–H and O–H groups in total. The van der Waals surface area contributed by atoms with E-state index in [9.17, 15) is 0 Å². The van der Waals surface area contributed by atoms with E-state index in [1.165, 1.54) is 0 Å². The molecule has 2 aromatic carbocycles. The van der Waals surface area contributed by atoms with Crippen molar-refractivity contribution in [1.29, 1.82) is 0 Å². The van der Waals surface area contributed by atoms with Crippen molar-refractivity contribution < 1.29 is 0 Å². The third-order valence-corrected chi connectivity index (χ3v) is 2.76. The maximum absolute atomic E-state index is 8.55. The fourth-order valence-electron chi connectivity index (χ4n) is 1.55. The molecule has 0 saturated carbocycles. The minimum Gasteiger partial charge on any atom is -0.0843 e. The lowest BCUT2D eigenvalue weighted by atomic mass is 10.0. The predicted molar refractivity (Wildman–Crippen MR) is 70.7 cm³/mol. The lowest BCUT2D eigenvalue weighted by Crippen LogP contribution is -1.80. The Bertz CT molecular complexity index is 590. The molecular weight excluding hydrogens is 257 g/mol. The van der Waals surface area contributed by atoms with Crippen LogP contribution in [0.1, 0.15) is 0 Å². The van der Waals surface area contributed by atoms with E-state index in [1.807, 2.05) is 30.3 Å². The highest BCUT2D eigenvalue weighted by molar-refractivity contribution is 6.37. The molecule has 0 heterocycles. The van der Waals surface area contributed by atoms with Gasteiger partial charge in [-0.2, -0.15) is 0 Å². The Labute approximate surface area is 108 Å². The van der Waals surface area contributed by atoms with Crippen LogP contribution >= 0.6 is 23.2 Å². The van der Waals surface area contributed by atoms with Crippen LogP contribution in [0.25, 0.3) is 21.6 Å². The molecule has 0 unspecified atom stereocenters. The van der Waals surface area contributed by atoms with Crippen LogP contribution in [0, 0.1) is 0 Å². The summed E-state index contributed by atoms with van der Waals surface area (Å²) in [4.78, 5) is 2.78. The highest BCUT2D eigenvalue weighted by atomic mass is 35.5. The van der Waals surface area contributed by atoms with Gasteiger partial charge in [0.2, 0.25) is 0 Å². The maximum atomic E-state index is 8.55. The van der Waals surface area contributed by atoms with Crippen LogP contribution < -0.4 is 0 Å². The van der Waals surface area contributed by atoms with Crippen LogP contribution in [0.15, 0.2) is 47.6 Å². The van der Waals surface area contributed by atoms with Crippen LogP contribution in [0.2, 0.25) is 10.0 Å². The van der Waals surface area contributed by atoms with Crippen LogP contribution in [-0.4, -0.2) is 0 Å². The van der Waals surface area contributed by atoms with Gasteiger partial charge in [0, 0.05) is 9.93 Å². The molecule has 3 nitrogen and oxygen atoms in total. The van der Waals surface area contributed by atoms with E-state index in [4.69, 9.17) is 28.7 Å². The Kier molecular flexibility index (Phi) is 3.55. The number of halogens is 2. The second-order valence-electron chi connectivity index (χ2n) is 3.34. The average molecular weight is 264 g/mol.